The van der Waals surface area contributed by atoms with Gasteiger partial charge in [0.05, 0.1) is 6.04 Å². The van der Waals surface area contributed by atoms with Crippen LogP contribution in [0.15, 0.2) is 48.5 Å². The van der Waals surface area contributed by atoms with E-state index in [1.54, 1.807) is 0 Å². The first kappa shape index (κ1) is 17.6. The second-order valence-electron chi connectivity index (χ2n) is 7.91. The van der Waals surface area contributed by atoms with Crippen LogP contribution in [-0.2, 0) is 11.2 Å². The van der Waals surface area contributed by atoms with E-state index in [-0.39, 0.29) is 23.7 Å². The summed E-state index contributed by atoms with van der Waals surface area (Å²) in [6.07, 6.45) is 2.08. The average molecular weight is 381 g/mol. The number of hydrogen-bond acceptors (Lipinski definition) is 4. The number of fused-ring (bicyclic) bond motifs is 2. The van der Waals surface area contributed by atoms with Crippen LogP contribution in [0.25, 0.3) is 0 Å². The lowest BCUT2D eigenvalue weighted by Gasteiger charge is -2.38. The third-order valence-electron chi connectivity index (χ3n) is 6.24. The molecule has 5 nitrogen and oxygen atoms in total. The highest BCUT2D eigenvalue weighted by atomic mass is 19.1. The third-order valence-corrected chi connectivity index (χ3v) is 6.24. The molecular weight excluding hydrogens is 357 g/mol. The highest BCUT2D eigenvalue weighted by Crippen LogP contribution is 2.35. The molecule has 3 aliphatic rings. The van der Waals surface area contributed by atoms with Crippen molar-refractivity contribution in [2.24, 2.45) is 5.92 Å². The van der Waals surface area contributed by atoms with Gasteiger partial charge < -0.3 is 9.64 Å². The Morgan fingerprint density at radius 3 is 2.75 bits per heavy atom. The Morgan fingerprint density at radius 1 is 1.07 bits per heavy atom. The van der Waals surface area contributed by atoms with Gasteiger partial charge in [-0.15, -0.1) is 0 Å². The molecule has 28 heavy (non-hydrogen) atoms. The van der Waals surface area contributed by atoms with Crippen LogP contribution in [0, 0.1) is 11.7 Å². The minimum absolute atomic E-state index is 0.0641. The first-order chi connectivity index (χ1) is 13.7. The van der Waals surface area contributed by atoms with Crippen LogP contribution in [-0.4, -0.2) is 36.0 Å². The van der Waals surface area contributed by atoms with Gasteiger partial charge in [-0.1, -0.05) is 30.3 Å². The number of para-hydroxylation sites is 1. The van der Waals surface area contributed by atoms with Crippen LogP contribution >= 0.6 is 0 Å². The summed E-state index contributed by atoms with van der Waals surface area (Å²) in [4.78, 5) is 15.1. The number of carbonyl (C=O) groups is 1. The summed E-state index contributed by atoms with van der Waals surface area (Å²) in [5.41, 5.74) is 8.92. The Morgan fingerprint density at radius 2 is 1.89 bits per heavy atom. The molecule has 4 atom stereocenters. The normalized spacial score (nSPS) is 29.0. The number of nitrogens with one attached hydrogen (secondary N) is 2. The second-order valence-corrected chi connectivity index (χ2v) is 7.91. The summed E-state index contributed by atoms with van der Waals surface area (Å²) >= 11 is 0. The van der Waals surface area contributed by atoms with Crippen molar-refractivity contribution in [1.29, 1.82) is 0 Å². The lowest BCUT2D eigenvalue weighted by Crippen LogP contribution is -2.52. The summed E-state index contributed by atoms with van der Waals surface area (Å²) in [5, 5.41) is 0. The van der Waals surface area contributed by atoms with Crippen molar-refractivity contribution in [2.75, 3.05) is 13.1 Å². The Hall–Kier alpha value is -2.44. The molecular formula is C22H24FN3O2. The molecule has 4 unspecified atom stereocenters. The predicted molar refractivity (Wildman–Crippen MR) is 103 cm³/mol. The molecule has 2 N–H and O–H groups in total. The van der Waals surface area contributed by atoms with Gasteiger partial charge in [0.2, 0.25) is 0 Å². The zero-order valence-electron chi connectivity index (χ0n) is 15.6. The fourth-order valence-corrected chi connectivity index (χ4v) is 4.71. The van der Waals surface area contributed by atoms with Gasteiger partial charge in [-0.25, -0.2) is 9.82 Å². The Labute approximate surface area is 163 Å². The SMILES string of the molecule is O=C(C1CCc2ccccc2O1)N1CCC2NNC(c3ccc(F)cc3)C2C1. The fraction of sp³-hybridized carbons (Fsp3) is 0.409. The standard InChI is InChI=1S/C22H24FN3O2/c23-16-8-5-15(6-9-16)21-17-13-26(12-11-18(17)24-25-21)22(27)20-10-7-14-3-1-2-4-19(14)28-20/h1-6,8-9,17-18,20-21,24-25H,7,10-13H2. The van der Waals surface area contributed by atoms with Gasteiger partial charge in [0.15, 0.2) is 6.10 Å². The maximum absolute atomic E-state index is 13.3. The van der Waals surface area contributed by atoms with Crippen molar-refractivity contribution in [3.05, 3.63) is 65.5 Å². The largest absolute Gasteiger partial charge is 0.480 e. The number of benzene rings is 2. The molecule has 1 amide bonds. The van der Waals surface area contributed by atoms with E-state index < -0.39 is 6.10 Å². The van der Waals surface area contributed by atoms with Crippen LogP contribution in [0.4, 0.5) is 4.39 Å². The van der Waals surface area contributed by atoms with E-state index in [4.69, 9.17) is 4.74 Å². The molecule has 146 valence electrons. The lowest BCUT2D eigenvalue weighted by atomic mass is 9.85. The van der Waals surface area contributed by atoms with Gasteiger partial charge >= 0.3 is 0 Å². The molecule has 5 rings (SSSR count). The molecule has 2 saturated heterocycles. The van der Waals surface area contributed by atoms with Crippen molar-refractivity contribution in [3.63, 3.8) is 0 Å². The van der Waals surface area contributed by atoms with Gasteiger partial charge in [0, 0.05) is 25.0 Å². The monoisotopic (exact) mass is 381 g/mol. The molecule has 0 radical (unpaired) electrons. The van der Waals surface area contributed by atoms with Crippen molar-refractivity contribution >= 4 is 5.91 Å². The lowest BCUT2D eigenvalue weighted by molar-refractivity contribution is -0.141. The predicted octanol–water partition coefficient (Wildman–Crippen LogP) is 2.59. The first-order valence-electron chi connectivity index (χ1n) is 9.99. The van der Waals surface area contributed by atoms with E-state index >= 15 is 0 Å². The van der Waals surface area contributed by atoms with Gasteiger partial charge in [0.25, 0.3) is 5.91 Å². The van der Waals surface area contributed by atoms with Crippen molar-refractivity contribution in [3.8, 4) is 5.75 Å². The number of carbonyl (C=O) groups excluding carboxylic acids is 1. The summed E-state index contributed by atoms with van der Waals surface area (Å²) < 4.78 is 19.3. The van der Waals surface area contributed by atoms with E-state index in [0.717, 1.165) is 37.1 Å². The number of rotatable bonds is 2. The number of aryl methyl sites for hydroxylation is 1. The zero-order valence-corrected chi connectivity index (χ0v) is 15.6. The Bertz CT molecular complexity index is 872. The van der Waals surface area contributed by atoms with E-state index in [1.807, 2.05) is 35.2 Å². The van der Waals surface area contributed by atoms with Crippen LogP contribution in [0.2, 0.25) is 0 Å². The first-order valence-corrected chi connectivity index (χ1v) is 9.99. The van der Waals surface area contributed by atoms with E-state index in [9.17, 15) is 9.18 Å². The number of nitrogens with zero attached hydrogens (tertiary/aromatic N) is 1. The van der Waals surface area contributed by atoms with E-state index in [0.29, 0.717) is 12.6 Å². The molecule has 0 saturated carbocycles. The molecule has 2 fully saturated rings. The van der Waals surface area contributed by atoms with E-state index in [2.05, 4.69) is 16.9 Å². The van der Waals surface area contributed by atoms with Crippen LogP contribution in [0.1, 0.15) is 30.0 Å². The van der Waals surface area contributed by atoms with Crippen LogP contribution in [0.5, 0.6) is 5.75 Å². The topological polar surface area (TPSA) is 53.6 Å². The summed E-state index contributed by atoms with van der Waals surface area (Å²) in [6, 6.07) is 14.9. The Balaban J connectivity index is 1.30. The van der Waals surface area contributed by atoms with E-state index in [1.165, 1.54) is 17.7 Å². The molecule has 2 aromatic carbocycles. The number of likely N-dealkylation sites (tertiary alicyclic amines) is 1. The maximum atomic E-state index is 13.3. The number of hydrazine groups is 1. The maximum Gasteiger partial charge on any atom is 0.263 e. The minimum atomic E-state index is -0.405. The molecule has 2 aromatic rings. The average Bonchev–Trinajstić information content (AvgIpc) is 3.16. The molecule has 0 aliphatic carbocycles. The summed E-state index contributed by atoms with van der Waals surface area (Å²) in [6.45, 7) is 1.40. The van der Waals surface area contributed by atoms with Crippen LogP contribution < -0.4 is 15.6 Å². The smallest absolute Gasteiger partial charge is 0.263 e. The zero-order chi connectivity index (χ0) is 19.1. The molecule has 0 aromatic heterocycles. The van der Waals surface area contributed by atoms with Crippen molar-refractivity contribution in [1.82, 2.24) is 15.8 Å². The third kappa shape index (κ3) is 3.16. The summed E-state index contributed by atoms with van der Waals surface area (Å²) in [7, 11) is 0. The van der Waals surface area contributed by atoms with Gasteiger partial charge in [0.1, 0.15) is 11.6 Å². The highest BCUT2D eigenvalue weighted by Gasteiger charge is 2.43. The Kier molecular flexibility index (Phi) is 4.53. The highest BCUT2D eigenvalue weighted by molar-refractivity contribution is 5.82. The number of halogens is 1. The number of hydrogen-bond donors (Lipinski definition) is 2. The molecule has 0 spiro atoms. The molecule has 6 heteroatoms. The van der Waals surface area contributed by atoms with Crippen molar-refractivity contribution < 1.29 is 13.9 Å². The number of piperidine rings is 1. The van der Waals surface area contributed by atoms with Gasteiger partial charge in [-0.05, 0) is 48.6 Å². The fourth-order valence-electron chi connectivity index (χ4n) is 4.71. The number of amides is 1. The van der Waals surface area contributed by atoms with Crippen molar-refractivity contribution in [2.45, 2.75) is 37.5 Å². The van der Waals surface area contributed by atoms with Gasteiger partial charge in [-0.2, -0.15) is 0 Å². The van der Waals surface area contributed by atoms with Gasteiger partial charge in [-0.3, -0.25) is 10.2 Å². The molecule has 0 bridgehead atoms. The molecule has 3 heterocycles. The quantitative estimate of drug-likeness (QED) is 0.840. The second kappa shape index (κ2) is 7.18. The summed E-state index contributed by atoms with van der Waals surface area (Å²) in [5.74, 6) is 0.925. The number of ether oxygens (including phenoxy) is 1. The van der Waals surface area contributed by atoms with Crippen LogP contribution in [0.3, 0.4) is 0 Å². The molecule has 3 aliphatic heterocycles. The minimum Gasteiger partial charge on any atom is -0.480 e.